The van der Waals surface area contributed by atoms with Crippen molar-refractivity contribution in [1.29, 1.82) is 0 Å². The van der Waals surface area contributed by atoms with Crippen LogP contribution in [0.3, 0.4) is 0 Å². The van der Waals surface area contributed by atoms with Gasteiger partial charge in [0.1, 0.15) is 5.75 Å². The first kappa shape index (κ1) is 50.3. The summed E-state index contributed by atoms with van der Waals surface area (Å²) in [4.78, 5) is 0. The van der Waals surface area contributed by atoms with E-state index in [1.807, 2.05) is 24.3 Å². The van der Waals surface area contributed by atoms with Gasteiger partial charge in [-0.3, -0.25) is 0 Å². The van der Waals surface area contributed by atoms with Crippen molar-refractivity contribution in [3.8, 4) is 5.75 Å². The smallest absolute Gasteiger partial charge is 0.192 e. The average molecular weight is 799 g/mol. The Morgan fingerprint density at radius 1 is 0.887 bits per heavy atom. The number of aliphatic hydroxyl groups excluding tert-OH is 1. The Balaban J connectivity index is 2.92. The standard InChI is InChI=1S/C43H82O7SSi2/c1-32(28-38(46-12)30-47-29-36-21-23-37(45-11)24-22-36)18-19-33(2)39(44)25-20-34(3)41(50-53(16,17)43(8,9)10)35(4)40(48-31-51-13)26-27-49-52(14,15)42(5,6)7/h19,21-24,32,34-35,38-41,44H,18,20,25-31H2,1-17H3/b33-19+/t32-,34-,35-,38-,39+,40-,41-/m1/s1. The fourth-order valence-electron chi connectivity index (χ4n) is 5.91. The number of benzene rings is 1. The SMILES string of the molecule is COc1ccc(COC[C@@H](C[C@H](C)C/C=C(\C)[C@@H](O)CC[C@@H](C)[C@@H](O[Si](C)(C)C(C)(C)C)[C@H](C)[C@@H](CCO[Si](C)(C)C(C)(C)C)OCSC)OC)cc1. The summed E-state index contributed by atoms with van der Waals surface area (Å²) < 4.78 is 37.4. The Morgan fingerprint density at radius 3 is 2.02 bits per heavy atom. The van der Waals surface area contributed by atoms with E-state index < -0.39 is 22.7 Å². The van der Waals surface area contributed by atoms with Crippen LogP contribution in [0.15, 0.2) is 35.9 Å². The van der Waals surface area contributed by atoms with Gasteiger partial charge in [0, 0.05) is 19.6 Å². The molecule has 0 heterocycles. The molecule has 310 valence electrons. The molecule has 0 saturated carbocycles. The number of thioether (sulfide) groups is 1. The van der Waals surface area contributed by atoms with Crippen LogP contribution in [0.1, 0.15) is 107 Å². The maximum absolute atomic E-state index is 11.3. The van der Waals surface area contributed by atoms with E-state index in [-0.39, 0.29) is 40.2 Å². The highest BCUT2D eigenvalue weighted by Crippen LogP contribution is 2.41. The Labute approximate surface area is 333 Å². The minimum Gasteiger partial charge on any atom is -0.497 e. The lowest BCUT2D eigenvalue weighted by Gasteiger charge is -2.44. The molecule has 53 heavy (non-hydrogen) atoms. The molecular formula is C43H82O7SSi2. The molecule has 1 N–H and O–H groups in total. The van der Waals surface area contributed by atoms with Gasteiger partial charge in [-0.05, 0) is 117 Å². The Morgan fingerprint density at radius 2 is 1.49 bits per heavy atom. The lowest BCUT2D eigenvalue weighted by Crippen LogP contribution is -2.50. The summed E-state index contributed by atoms with van der Waals surface area (Å²) in [7, 11) is -0.528. The average Bonchev–Trinajstić information content (AvgIpc) is 3.08. The van der Waals surface area contributed by atoms with Crippen LogP contribution in [0, 0.1) is 17.8 Å². The maximum atomic E-state index is 11.3. The van der Waals surface area contributed by atoms with Crippen molar-refractivity contribution in [1.82, 2.24) is 0 Å². The van der Waals surface area contributed by atoms with Gasteiger partial charge in [0.15, 0.2) is 16.6 Å². The summed E-state index contributed by atoms with van der Waals surface area (Å²) in [6.45, 7) is 33.8. The van der Waals surface area contributed by atoms with E-state index in [2.05, 4.69) is 108 Å². The van der Waals surface area contributed by atoms with E-state index in [0.29, 0.717) is 38.1 Å². The number of hydrogen-bond donors (Lipinski definition) is 1. The first-order valence-electron chi connectivity index (χ1n) is 20.0. The summed E-state index contributed by atoms with van der Waals surface area (Å²) in [6, 6.07) is 7.95. The first-order chi connectivity index (χ1) is 24.5. The van der Waals surface area contributed by atoms with Crippen LogP contribution in [0.4, 0.5) is 0 Å². The second kappa shape index (κ2) is 23.5. The predicted molar refractivity (Wildman–Crippen MR) is 232 cm³/mol. The number of ether oxygens (including phenoxy) is 4. The molecule has 0 saturated heterocycles. The van der Waals surface area contributed by atoms with Crippen LogP contribution < -0.4 is 4.74 Å². The van der Waals surface area contributed by atoms with Gasteiger partial charge < -0.3 is 32.9 Å². The van der Waals surface area contributed by atoms with Gasteiger partial charge >= 0.3 is 0 Å². The number of methoxy groups -OCH3 is 2. The van der Waals surface area contributed by atoms with Crippen molar-refractivity contribution in [3.63, 3.8) is 0 Å². The second-order valence-corrected chi connectivity index (χ2v) is 28.9. The summed E-state index contributed by atoms with van der Waals surface area (Å²) >= 11 is 1.72. The van der Waals surface area contributed by atoms with Crippen LogP contribution in [0.5, 0.6) is 5.75 Å². The predicted octanol–water partition coefficient (Wildman–Crippen LogP) is 11.5. The van der Waals surface area contributed by atoms with Gasteiger partial charge in [0.25, 0.3) is 0 Å². The van der Waals surface area contributed by atoms with Gasteiger partial charge in [-0.25, -0.2) is 0 Å². The molecule has 1 aromatic carbocycles. The molecule has 1 rings (SSSR count). The van der Waals surface area contributed by atoms with E-state index in [1.165, 1.54) is 0 Å². The minimum absolute atomic E-state index is 0.0184. The fraction of sp³-hybridized carbons (Fsp3) is 0.814. The molecule has 0 fully saturated rings. The molecule has 0 amide bonds. The molecule has 0 aliphatic rings. The monoisotopic (exact) mass is 799 g/mol. The topological polar surface area (TPSA) is 75.6 Å². The van der Waals surface area contributed by atoms with Gasteiger partial charge in [0.05, 0.1) is 50.7 Å². The van der Waals surface area contributed by atoms with Crippen molar-refractivity contribution >= 4 is 28.4 Å². The number of rotatable bonds is 26. The molecule has 0 aliphatic carbocycles. The molecule has 7 atom stereocenters. The van der Waals surface area contributed by atoms with Crippen molar-refractivity contribution in [2.45, 2.75) is 169 Å². The van der Waals surface area contributed by atoms with Crippen LogP contribution in [0.2, 0.25) is 36.3 Å². The van der Waals surface area contributed by atoms with E-state index in [9.17, 15) is 5.11 Å². The van der Waals surface area contributed by atoms with Crippen molar-refractivity contribution in [2.75, 3.05) is 39.6 Å². The van der Waals surface area contributed by atoms with E-state index in [0.717, 1.165) is 42.6 Å². The highest BCUT2D eigenvalue weighted by atomic mass is 32.2. The Bertz CT molecular complexity index is 1160. The molecule has 0 aliphatic heterocycles. The lowest BCUT2D eigenvalue weighted by molar-refractivity contribution is -0.0367. The molecule has 0 spiro atoms. The van der Waals surface area contributed by atoms with Crippen LogP contribution in [0.25, 0.3) is 0 Å². The molecule has 1 aromatic rings. The van der Waals surface area contributed by atoms with Crippen molar-refractivity contribution in [3.05, 3.63) is 41.5 Å². The van der Waals surface area contributed by atoms with E-state index in [1.54, 1.807) is 26.0 Å². The highest BCUT2D eigenvalue weighted by Gasteiger charge is 2.43. The van der Waals surface area contributed by atoms with Gasteiger partial charge in [-0.2, -0.15) is 0 Å². The number of hydrogen-bond acceptors (Lipinski definition) is 8. The molecule has 0 bridgehead atoms. The Kier molecular flexibility index (Phi) is 22.3. The minimum atomic E-state index is -2.09. The normalized spacial score (nSPS) is 17.6. The summed E-state index contributed by atoms with van der Waals surface area (Å²) in [6.07, 6.45) is 8.08. The van der Waals surface area contributed by atoms with Crippen LogP contribution >= 0.6 is 11.8 Å². The summed E-state index contributed by atoms with van der Waals surface area (Å²) in [5, 5.41) is 11.6. The molecule has 0 radical (unpaired) electrons. The van der Waals surface area contributed by atoms with Crippen LogP contribution in [-0.4, -0.2) is 85.8 Å². The second-order valence-electron chi connectivity index (χ2n) is 18.5. The zero-order valence-electron chi connectivity index (χ0n) is 37.1. The third-order valence-electron chi connectivity index (χ3n) is 12.0. The third kappa shape index (κ3) is 18.0. The summed E-state index contributed by atoms with van der Waals surface area (Å²) in [5.74, 6) is 2.32. The third-order valence-corrected chi connectivity index (χ3v) is 21.4. The summed E-state index contributed by atoms with van der Waals surface area (Å²) in [5.41, 5.74) is 2.14. The molecular weight excluding hydrogens is 717 g/mol. The largest absolute Gasteiger partial charge is 0.497 e. The quantitative estimate of drug-likeness (QED) is 0.0564. The molecule has 10 heteroatoms. The van der Waals surface area contributed by atoms with Gasteiger partial charge in [-0.15, -0.1) is 11.8 Å². The Hall–Kier alpha value is -0.696. The van der Waals surface area contributed by atoms with E-state index in [4.69, 9.17) is 27.8 Å². The van der Waals surface area contributed by atoms with Crippen LogP contribution in [-0.2, 0) is 29.7 Å². The molecule has 0 aromatic heterocycles. The van der Waals surface area contributed by atoms with E-state index >= 15 is 0 Å². The molecule has 0 unspecified atom stereocenters. The fourth-order valence-corrected chi connectivity index (χ4v) is 8.77. The zero-order chi connectivity index (χ0) is 40.6. The number of aliphatic hydroxyl groups is 1. The molecule has 7 nitrogen and oxygen atoms in total. The van der Waals surface area contributed by atoms with Crippen molar-refractivity contribution in [2.24, 2.45) is 17.8 Å². The van der Waals surface area contributed by atoms with Crippen molar-refractivity contribution < 1.29 is 32.9 Å². The first-order valence-corrected chi connectivity index (χ1v) is 27.2. The van der Waals surface area contributed by atoms with Gasteiger partial charge in [0.2, 0.25) is 0 Å². The van der Waals surface area contributed by atoms with Gasteiger partial charge in [-0.1, -0.05) is 80.5 Å². The lowest BCUT2D eigenvalue weighted by atomic mass is 9.85. The highest BCUT2D eigenvalue weighted by molar-refractivity contribution is 7.98. The maximum Gasteiger partial charge on any atom is 0.192 e. The number of allylic oxidation sites excluding steroid dienone is 1. The zero-order valence-corrected chi connectivity index (χ0v) is 39.9.